The summed E-state index contributed by atoms with van der Waals surface area (Å²) >= 11 is 0. The van der Waals surface area contributed by atoms with Gasteiger partial charge in [-0.2, -0.15) is 0 Å². The van der Waals surface area contributed by atoms with Gasteiger partial charge in [-0.25, -0.2) is 0 Å². The zero-order valence-corrected chi connectivity index (χ0v) is 14.0. The number of hydrogen-bond acceptors (Lipinski definition) is 3. The number of nitrogens with two attached hydrogens (primary N) is 1. The van der Waals surface area contributed by atoms with Crippen LogP contribution in [0.1, 0.15) is 73.1 Å². The topological polar surface area (TPSA) is 64.3 Å². The normalized spacial score (nSPS) is 16.1. The highest BCUT2D eigenvalue weighted by Crippen LogP contribution is 2.13. The molecule has 2 unspecified atom stereocenters. The molecular formula is C16H34N2O2. The summed E-state index contributed by atoms with van der Waals surface area (Å²) in [5.74, 6) is -0.314. The molecule has 20 heavy (non-hydrogen) atoms. The van der Waals surface area contributed by atoms with Crippen molar-refractivity contribution in [3.05, 3.63) is 0 Å². The van der Waals surface area contributed by atoms with E-state index < -0.39 is 5.54 Å². The molecule has 0 heterocycles. The third kappa shape index (κ3) is 8.54. The summed E-state index contributed by atoms with van der Waals surface area (Å²) in [7, 11) is 0. The number of ether oxygens (including phenoxy) is 1. The second-order valence-electron chi connectivity index (χ2n) is 6.28. The fourth-order valence-electron chi connectivity index (χ4n) is 2.31. The predicted octanol–water partition coefficient (Wildman–Crippen LogP) is 2.99. The molecule has 0 spiro atoms. The average molecular weight is 286 g/mol. The molecule has 0 saturated carbocycles. The Morgan fingerprint density at radius 1 is 1.25 bits per heavy atom. The smallest absolute Gasteiger partial charge is 0.237 e. The maximum atomic E-state index is 11.6. The first-order chi connectivity index (χ1) is 9.31. The van der Waals surface area contributed by atoms with Crippen molar-refractivity contribution in [1.82, 2.24) is 5.32 Å². The summed E-state index contributed by atoms with van der Waals surface area (Å²) in [4.78, 5) is 11.6. The van der Waals surface area contributed by atoms with Crippen LogP contribution in [0.3, 0.4) is 0 Å². The van der Waals surface area contributed by atoms with Gasteiger partial charge in [0, 0.05) is 12.6 Å². The fraction of sp³-hybridized carbons (Fsp3) is 0.938. The molecule has 0 bridgehead atoms. The first kappa shape index (κ1) is 19.4. The standard InChI is InChI=1S/C16H34N2O2/c1-6-7-8-9-10-14(4)20-12-11-16(5,15(17)19)18-13(2)3/h13-14,18H,6-12H2,1-5H3,(H2,17,19). The summed E-state index contributed by atoms with van der Waals surface area (Å²) in [6, 6.07) is 0.221. The SMILES string of the molecule is CCCCCCC(C)OCCC(C)(NC(C)C)C(N)=O. The van der Waals surface area contributed by atoms with Gasteiger partial charge in [-0.05, 0) is 40.5 Å². The molecule has 0 aromatic carbocycles. The Bertz CT molecular complexity index is 269. The monoisotopic (exact) mass is 286 g/mol. The molecule has 0 radical (unpaired) electrons. The number of nitrogens with one attached hydrogen (secondary N) is 1. The minimum atomic E-state index is -0.684. The molecular weight excluding hydrogens is 252 g/mol. The van der Waals surface area contributed by atoms with Crippen molar-refractivity contribution in [3.8, 4) is 0 Å². The van der Waals surface area contributed by atoms with E-state index in [1.54, 1.807) is 0 Å². The summed E-state index contributed by atoms with van der Waals surface area (Å²) in [5.41, 5.74) is 4.81. The van der Waals surface area contributed by atoms with E-state index in [4.69, 9.17) is 10.5 Å². The highest BCUT2D eigenvalue weighted by Gasteiger charge is 2.31. The number of primary amides is 1. The van der Waals surface area contributed by atoms with Crippen LogP contribution in [0.2, 0.25) is 0 Å². The molecule has 0 aromatic heterocycles. The molecule has 0 aliphatic heterocycles. The first-order valence-electron chi connectivity index (χ1n) is 8.01. The molecule has 3 N–H and O–H groups in total. The Kier molecular flexibility index (Phi) is 9.86. The van der Waals surface area contributed by atoms with Crippen LogP contribution in [0.4, 0.5) is 0 Å². The lowest BCUT2D eigenvalue weighted by atomic mass is 9.96. The van der Waals surface area contributed by atoms with Gasteiger partial charge in [-0.1, -0.05) is 32.6 Å². The molecule has 2 atom stereocenters. The van der Waals surface area contributed by atoms with Gasteiger partial charge >= 0.3 is 0 Å². The number of amides is 1. The maximum absolute atomic E-state index is 11.6. The van der Waals surface area contributed by atoms with E-state index in [1.807, 2.05) is 20.8 Å². The van der Waals surface area contributed by atoms with Gasteiger partial charge in [0.15, 0.2) is 0 Å². The summed E-state index contributed by atoms with van der Waals surface area (Å²) in [5, 5.41) is 3.23. The van der Waals surface area contributed by atoms with Gasteiger partial charge in [-0.3, -0.25) is 4.79 Å². The minimum Gasteiger partial charge on any atom is -0.378 e. The van der Waals surface area contributed by atoms with Crippen molar-refractivity contribution in [3.63, 3.8) is 0 Å². The molecule has 0 rings (SSSR count). The van der Waals surface area contributed by atoms with Crippen molar-refractivity contribution < 1.29 is 9.53 Å². The lowest BCUT2D eigenvalue weighted by Crippen LogP contribution is -2.56. The highest BCUT2D eigenvalue weighted by atomic mass is 16.5. The number of carbonyl (C=O) groups is 1. The van der Waals surface area contributed by atoms with Crippen molar-refractivity contribution in [1.29, 1.82) is 0 Å². The molecule has 0 aliphatic carbocycles. The van der Waals surface area contributed by atoms with Crippen molar-refractivity contribution in [2.75, 3.05) is 6.61 Å². The van der Waals surface area contributed by atoms with Crippen LogP contribution in [-0.4, -0.2) is 30.2 Å². The van der Waals surface area contributed by atoms with Crippen LogP contribution >= 0.6 is 0 Å². The Labute approximate surface area is 124 Å². The van der Waals surface area contributed by atoms with Gasteiger partial charge in [0.05, 0.1) is 11.6 Å². The highest BCUT2D eigenvalue weighted by molar-refractivity contribution is 5.84. The van der Waals surface area contributed by atoms with Crippen LogP contribution in [0.5, 0.6) is 0 Å². The Morgan fingerprint density at radius 3 is 2.40 bits per heavy atom. The van der Waals surface area contributed by atoms with Crippen molar-refractivity contribution in [2.45, 2.75) is 90.8 Å². The van der Waals surface area contributed by atoms with Gasteiger partial charge in [-0.15, -0.1) is 0 Å². The molecule has 0 fully saturated rings. The van der Waals surface area contributed by atoms with E-state index >= 15 is 0 Å². The molecule has 0 saturated heterocycles. The summed E-state index contributed by atoms with van der Waals surface area (Å²) in [6.45, 7) is 10.8. The van der Waals surface area contributed by atoms with Crippen LogP contribution in [-0.2, 0) is 9.53 Å². The number of unbranched alkanes of at least 4 members (excludes halogenated alkanes) is 3. The average Bonchev–Trinajstić information content (AvgIpc) is 2.33. The third-order valence-electron chi connectivity index (χ3n) is 3.62. The number of carbonyl (C=O) groups excluding carboxylic acids is 1. The second kappa shape index (κ2) is 10.2. The van der Waals surface area contributed by atoms with Crippen LogP contribution in [0.25, 0.3) is 0 Å². The lowest BCUT2D eigenvalue weighted by molar-refractivity contribution is -0.125. The van der Waals surface area contributed by atoms with Crippen LogP contribution < -0.4 is 11.1 Å². The van der Waals surface area contributed by atoms with E-state index in [9.17, 15) is 4.79 Å². The van der Waals surface area contributed by atoms with E-state index in [2.05, 4.69) is 19.2 Å². The zero-order valence-electron chi connectivity index (χ0n) is 14.0. The van der Waals surface area contributed by atoms with Gasteiger partial charge in [0.2, 0.25) is 5.91 Å². The van der Waals surface area contributed by atoms with E-state index in [-0.39, 0.29) is 18.1 Å². The second-order valence-corrected chi connectivity index (χ2v) is 6.28. The summed E-state index contributed by atoms with van der Waals surface area (Å²) in [6.07, 6.45) is 7.00. The predicted molar refractivity (Wildman–Crippen MR) is 84.7 cm³/mol. The fourth-order valence-corrected chi connectivity index (χ4v) is 2.31. The largest absolute Gasteiger partial charge is 0.378 e. The third-order valence-corrected chi connectivity index (χ3v) is 3.62. The first-order valence-corrected chi connectivity index (χ1v) is 8.01. The van der Waals surface area contributed by atoms with E-state index in [0.717, 1.165) is 6.42 Å². The Balaban J connectivity index is 3.96. The van der Waals surface area contributed by atoms with Gasteiger partial charge in [0.25, 0.3) is 0 Å². The van der Waals surface area contributed by atoms with Gasteiger partial charge in [0.1, 0.15) is 0 Å². The molecule has 120 valence electrons. The quantitative estimate of drug-likeness (QED) is 0.542. The zero-order chi connectivity index (χ0) is 15.6. The van der Waals surface area contributed by atoms with Crippen molar-refractivity contribution in [2.24, 2.45) is 5.73 Å². The lowest BCUT2D eigenvalue weighted by Gasteiger charge is -2.30. The molecule has 0 aliphatic rings. The van der Waals surface area contributed by atoms with Gasteiger partial charge < -0.3 is 15.8 Å². The Hall–Kier alpha value is -0.610. The van der Waals surface area contributed by atoms with E-state index in [1.165, 1.54) is 25.7 Å². The molecule has 4 heteroatoms. The van der Waals surface area contributed by atoms with E-state index in [0.29, 0.717) is 13.0 Å². The molecule has 1 amide bonds. The Morgan fingerprint density at radius 2 is 1.90 bits per heavy atom. The van der Waals surface area contributed by atoms with Crippen LogP contribution in [0.15, 0.2) is 0 Å². The number of rotatable bonds is 12. The van der Waals surface area contributed by atoms with Crippen molar-refractivity contribution >= 4 is 5.91 Å². The molecule has 4 nitrogen and oxygen atoms in total. The van der Waals surface area contributed by atoms with Crippen LogP contribution in [0, 0.1) is 0 Å². The maximum Gasteiger partial charge on any atom is 0.237 e. The molecule has 0 aromatic rings. The number of hydrogen-bond donors (Lipinski definition) is 2. The summed E-state index contributed by atoms with van der Waals surface area (Å²) < 4.78 is 5.80. The minimum absolute atomic E-state index is 0.221.